The van der Waals surface area contributed by atoms with Crippen LogP contribution in [-0.4, -0.2) is 62.9 Å². The fourth-order valence-electron chi connectivity index (χ4n) is 3.58. The lowest BCUT2D eigenvalue weighted by Gasteiger charge is -2.35. The zero-order valence-electron chi connectivity index (χ0n) is 17.4. The Morgan fingerprint density at radius 3 is 2.69 bits per heavy atom. The number of thiazole rings is 1. The Hall–Kier alpha value is -2.98. The Bertz CT molecular complexity index is 1150. The van der Waals surface area contributed by atoms with Gasteiger partial charge in [0.05, 0.1) is 21.0 Å². The van der Waals surface area contributed by atoms with E-state index in [2.05, 4.69) is 31.1 Å². The highest BCUT2D eigenvalue weighted by Gasteiger charge is 2.22. The molecule has 32 heavy (non-hydrogen) atoms. The highest BCUT2D eigenvalue weighted by molar-refractivity contribution is 7.99. The van der Waals surface area contributed by atoms with Crippen LogP contribution in [0.25, 0.3) is 10.2 Å². The highest BCUT2D eigenvalue weighted by atomic mass is 32.2. The van der Waals surface area contributed by atoms with Crippen molar-refractivity contribution in [2.45, 2.75) is 18.1 Å². The van der Waals surface area contributed by atoms with E-state index in [1.165, 1.54) is 16.5 Å². The second-order valence-electron chi connectivity index (χ2n) is 7.38. The van der Waals surface area contributed by atoms with Gasteiger partial charge in [0.15, 0.2) is 0 Å². The summed E-state index contributed by atoms with van der Waals surface area (Å²) in [6, 6.07) is 14.0. The van der Waals surface area contributed by atoms with Crippen molar-refractivity contribution >= 4 is 45.0 Å². The Labute approximate surface area is 193 Å². The predicted molar refractivity (Wildman–Crippen MR) is 125 cm³/mol. The van der Waals surface area contributed by atoms with Crippen LogP contribution in [0.15, 0.2) is 58.3 Å². The first-order valence-electron chi connectivity index (χ1n) is 10.5. The number of para-hydroxylation sites is 1. The molecule has 0 radical (unpaired) electrons. The first-order valence-corrected chi connectivity index (χ1v) is 12.3. The SMILES string of the molecule is O=C(CSc1nnc(CCc2nc3ccccc3s2)o1)N1CCN(c2ccccn2)CC1. The number of carbonyl (C=O) groups excluding carboxylic acids is 1. The third-order valence-corrected chi connectivity index (χ3v) is 7.16. The summed E-state index contributed by atoms with van der Waals surface area (Å²) in [5.41, 5.74) is 1.02. The van der Waals surface area contributed by atoms with Crippen LogP contribution in [-0.2, 0) is 17.6 Å². The maximum atomic E-state index is 12.6. The van der Waals surface area contributed by atoms with Crippen molar-refractivity contribution in [3.05, 3.63) is 59.6 Å². The van der Waals surface area contributed by atoms with Gasteiger partial charge in [-0.15, -0.1) is 21.5 Å². The van der Waals surface area contributed by atoms with Crippen LogP contribution < -0.4 is 4.90 Å². The van der Waals surface area contributed by atoms with Crippen molar-refractivity contribution in [2.75, 3.05) is 36.8 Å². The highest BCUT2D eigenvalue weighted by Crippen LogP contribution is 2.23. The molecule has 0 unspecified atom stereocenters. The number of hydrogen-bond acceptors (Lipinski definition) is 9. The van der Waals surface area contributed by atoms with Gasteiger partial charge >= 0.3 is 0 Å². The van der Waals surface area contributed by atoms with Gasteiger partial charge in [-0.1, -0.05) is 30.0 Å². The number of benzene rings is 1. The standard InChI is InChI=1S/C22H22N6O2S2/c29-21(28-13-11-27(12-14-28)18-7-3-4-10-23-18)15-31-22-26-25-19(30-22)8-9-20-24-16-5-1-2-6-17(16)32-20/h1-7,10H,8-9,11-15H2. The number of hydrogen-bond donors (Lipinski definition) is 0. The van der Waals surface area contributed by atoms with E-state index >= 15 is 0 Å². The second kappa shape index (κ2) is 9.66. The van der Waals surface area contributed by atoms with Gasteiger partial charge in [0.1, 0.15) is 5.82 Å². The molecule has 0 bridgehead atoms. The molecule has 4 aromatic rings. The van der Waals surface area contributed by atoms with Crippen LogP contribution >= 0.6 is 23.1 Å². The van der Waals surface area contributed by atoms with Gasteiger partial charge in [0, 0.05) is 45.2 Å². The van der Waals surface area contributed by atoms with Crippen molar-refractivity contribution in [3.63, 3.8) is 0 Å². The molecule has 0 N–H and O–H groups in total. The van der Waals surface area contributed by atoms with E-state index in [0.717, 1.165) is 35.9 Å². The van der Waals surface area contributed by atoms with Gasteiger partial charge in [-0.3, -0.25) is 4.79 Å². The summed E-state index contributed by atoms with van der Waals surface area (Å²) < 4.78 is 6.91. The molecule has 0 aliphatic carbocycles. The van der Waals surface area contributed by atoms with Crippen molar-refractivity contribution in [2.24, 2.45) is 0 Å². The first-order chi connectivity index (χ1) is 15.7. The average Bonchev–Trinajstić information content (AvgIpc) is 3.48. The number of carbonyl (C=O) groups is 1. The Morgan fingerprint density at radius 1 is 1.03 bits per heavy atom. The molecule has 1 amide bonds. The molecule has 8 nitrogen and oxygen atoms in total. The van der Waals surface area contributed by atoms with Crippen molar-refractivity contribution < 1.29 is 9.21 Å². The number of aryl methyl sites for hydroxylation is 2. The molecule has 3 aromatic heterocycles. The number of thioether (sulfide) groups is 1. The maximum absolute atomic E-state index is 12.6. The minimum atomic E-state index is 0.0879. The zero-order chi connectivity index (χ0) is 21.8. The topological polar surface area (TPSA) is 88.2 Å². The lowest BCUT2D eigenvalue weighted by molar-refractivity contribution is -0.128. The van der Waals surface area contributed by atoms with E-state index in [1.807, 2.05) is 41.3 Å². The third kappa shape index (κ3) is 4.91. The van der Waals surface area contributed by atoms with Gasteiger partial charge in [-0.2, -0.15) is 0 Å². The molecule has 1 fully saturated rings. The van der Waals surface area contributed by atoms with Crippen LogP contribution in [0, 0.1) is 0 Å². The summed E-state index contributed by atoms with van der Waals surface area (Å²) in [6.45, 7) is 2.94. The number of pyridine rings is 1. The number of nitrogens with zero attached hydrogens (tertiary/aromatic N) is 6. The fraction of sp³-hybridized carbons (Fsp3) is 0.318. The Morgan fingerprint density at radius 2 is 1.88 bits per heavy atom. The summed E-state index contributed by atoms with van der Waals surface area (Å²) in [5.74, 6) is 1.91. The molecule has 1 aromatic carbocycles. The monoisotopic (exact) mass is 466 g/mol. The van der Waals surface area contributed by atoms with Crippen LogP contribution in [0.1, 0.15) is 10.9 Å². The number of anilines is 1. The molecule has 1 aliphatic rings. The van der Waals surface area contributed by atoms with E-state index in [0.29, 0.717) is 36.4 Å². The minimum Gasteiger partial charge on any atom is -0.416 e. The summed E-state index contributed by atoms with van der Waals surface area (Å²) in [6.07, 6.45) is 3.18. The molecule has 0 atom stereocenters. The van der Waals surface area contributed by atoms with Crippen LogP contribution in [0.2, 0.25) is 0 Å². The number of aromatic nitrogens is 4. The molecule has 5 rings (SSSR count). The molecule has 1 saturated heterocycles. The van der Waals surface area contributed by atoms with E-state index < -0.39 is 0 Å². The number of amides is 1. The van der Waals surface area contributed by atoms with Gasteiger partial charge in [0.25, 0.3) is 5.22 Å². The quantitative estimate of drug-likeness (QED) is 0.384. The normalized spacial score (nSPS) is 14.2. The van der Waals surface area contributed by atoms with Crippen molar-refractivity contribution in [1.82, 2.24) is 25.1 Å². The van der Waals surface area contributed by atoms with E-state index in [1.54, 1.807) is 17.5 Å². The van der Waals surface area contributed by atoms with Crippen molar-refractivity contribution in [3.8, 4) is 0 Å². The molecule has 1 aliphatic heterocycles. The smallest absolute Gasteiger partial charge is 0.277 e. The molecule has 10 heteroatoms. The number of fused-ring (bicyclic) bond motifs is 1. The van der Waals surface area contributed by atoms with Crippen LogP contribution in [0.5, 0.6) is 0 Å². The molecular weight excluding hydrogens is 444 g/mol. The second-order valence-corrected chi connectivity index (χ2v) is 9.42. The molecular formula is C22H22N6O2S2. The van der Waals surface area contributed by atoms with Crippen LogP contribution in [0.4, 0.5) is 5.82 Å². The predicted octanol–water partition coefficient (Wildman–Crippen LogP) is 3.30. The summed E-state index contributed by atoms with van der Waals surface area (Å²) in [5, 5.41) is 9.69. The molecule has 164 valence electrons. The molecule has 4 heterocycles. The number of rotatable bonds is 7. The summed E-state index contributed by atoms with van der Waals surface area (Å²) in [4.78, 5) is 25.7. The Kier molecular flexibility index (Phi) is 6.31. The lowest BCUT2D eigenvalue weighted by atomic mass is 10.3. The van der Waals surface area contributed by atoms with E-state index in [-0.39, 0.29) is 5.91 Å². The van der Waals surface area contributed by atoms with Gasteiger partial charge < -0.3 is 14.2 Å². The lowest BCUT2D eigenvalue weighted by Crippen LogP contribution is -2.49. The third-order valence-electron chi connectivity index (χ3n) is 5.26. The first kappa shape index (κ1) is 20.9. The fourth-order valence-corrected chi connectivity index (χ4v) is 5.23. The Balaban J connectivity index is 1.08. The van der Waals surface area contributed by atoms with Crippen LogP contribution in [0.3, 0.4) is 0 Å². The summed E-state index contributed by atoms with van der Waals surface area (Å²) in [7, 11) is 0. The molecule has 0 saturated carbocycles. The van der Waals surface area contributed by atoms with Gasteiger partial charge in [-0.05, 0) is 24.3 Å². The summed E-state index contributed by atoms with van der Waals surface area (Å²) >= 11 is 2.98. The van der Waals surface area contributed by atoms with E-state index in [4.69, 9.17) is 4.42 Å². The zero-order valence-corrected chi connectivity index (χ0v) is 19.0. The van der Waals surface area contributed by atoms with Crippen molar-refractivity contribution in [1.29, 1.82) is 0 Å². The van der Waals surface area contributed by atoms with Gasteiger partial charge in [-0.25, -0.2) is 9.97 Å². The van der Waals surface area contributed by atoms with Gasteiger partial charge in [0.2, 0.25) is 11.8 Å². The minimum absolute atomic E-state index is 0.0879. The number of piperazine rings is 1. The largest absolute Gasteiger partial charge is 0.416 e. The maximum Gasteiger partial charge on any atom is 0.277 e. The molecule has 0 spiro atoms. The van der Waals surface area contributed by atoms with E-state index in [9.17, 15) is 4.79 Å². The average molecular weight is 467 g/mol.